The minimum atomic E-state index is -0.548. The summed E-state index contributed by atoms with van der Waals surface area (Å²) in [6.07, 6.45) is -0.548. The summed E-state index contributed by atoms with van der Waals surface area (Å²) in [5.74, 6) is 2.12. The average Bonchev–Trinajstić information content (AvgIpc) is 2.68. The van der Waals surface area contributed by atoms with E-state index >= 15 is 0 Å². The summed E-state index contributed by atoms with van der Waals surface area (Å²) in [7, 11) is 1.88. The molecule has 1 heterocycles. The number of hydrogen-bond acceptors (Lipinski definition) is 4. The summed E-state index contributed by atoms with van der Waals surface area (Å²) in [5.41, 5.74) is 0.756. The molecule has 0 amide bonds. The zero-order valence-electron chi connectivity index (χ0n) is 11.1. The molecule has 0 aliphatic heterocycles. The number of nitrogens with zero attached hydrogens (tertiary/aromatic N) is 3. The van der Waals surface area contributed by atoms with Crippen LogP contribution in [-0.2, 0) is 13.7 Å². The minimum Gasteiger partial charge on any atom is -0.484 e. The Morgan fingerprint density at radius 2 is 2.16 bits per heavy atom. The van der Waals surface area contributed by atoms with Crippen LogP contribution in [0.4, 0.5) is 0 Å². The first-order chi connectivity index (χ1) is 8.99. The number of benzene rings is 1. The zero-order chi connectivity index (χ0) is 14.0. The molecule has 19 heavy (non-hydrogen) atoms. The molecule has 1 N–H and O–H groups in total. The summed E-state index contributed by atoms with van der Waals surface area (Å²) >= 11 is 6.11. The lowest BCUT2D eigenvalue weighted by atomic mass is 10.1. The number of rotatable bonds is 4. The second-order valence-electron chi connectivity index (χ2n) is 4.38. The van der Waals surface area contributed by atoms with Crippen molar-refractivity contribution in [3.05, 3.63) is 40.4 Å². The fourth-order valence-electron chi connectivity index (χ4n) is 1.61. The molecular formula is C13H16ClN3O2. The molecule has 5 nitrogen and oxygen atoms in total. The number of halogens is 1. The first-order valence-corrected chi connectivity index (χ1v) is 6.32. The Balaban J connectivity index is 2.10. The van der Waals surface area contributed by atoms with Gasteiger partial charge in [-0.05, 0) is 31.5 Å². The van der Waals surface area contributed by atoms with E-state index < -0.39 is 6.10 Å². The van der Waals surface area contributed by atoms with Crippen LogP contribution in [0, 0.1) is 6.92 Å². The van der Waals surface area contributed by atoms with Crippen LogP contribution in [-0.4, -0.2) is 19.9 Å². The van der Waals surface area contributed by atoms with Gasteiger partial charge in [0, 0.05) is 7.05 Å². The van der Waals surface area contributed by atoms with Crippen molar-refractivity contribution in [2.45, 2.75) is 26.6 Å². The van der Waals surface area contributed by atoms with Gasteiger partial charge in [0.1, 0.15) is 18.2 Å². The van der Waals surface area contributed by atoms with Crippen molar-refractivity contribution >= 4 is 11.6 Å². The highest BCUT2D eigenvalue weighted by Crippen LogP contribution is 2.28. The zero-order valence-corrected chi connectivity index (χ0v) is 11.8. The second-order valence-corrected chi connectivity index (χ2v) is 4.78. The van der Waals surface area contributed by atoms with Gasteiger partial charge in [0.25, 0.3) is 0 Å². The maximum absolute atomic E-state index is 9.47. The molecule has 1 aromatic heterocycles. The lowest BCUT2D eigenvalue weighted by Crippen LogP contribution is -2.05. The summed E-state index contributed by atoms with van der Waals surface area (Å²) in [6, 6.07) is 5.23. The smallest absolute Gasteiger partial charge is 0.170 e. The molecule has 0 radical (unpaired) electrons. The van der Waals surface area contributed by atoms with Gasteiger partial charge in [-0.15, -0.1) is 10.2 Å². The van der Waals surface area contributed by atoms with E-state index in [0.29, 0.717) is 17.4 Å². The largest absolute Gasteiger partial charge is 0.484 e. The highest BCUT2D eigenvalue weighted by Gasteiger charge is 2.09. The first-order valence-electron chi connectivity index (χ1n) is 5.94. The van der Waals surface area contributed by atoms with Crippen molar-refractivity contribution < 1.29 is 9.84 Å². The van der Waals surface area contributed by atoms with Crippen molar-refractivity contribution in [2.24, 2.45) is 7.05 Å². The molecule has 0 spiro atoms. The molecule has 0 aliphatic rings. The van der Waals surface area contributed by atoms with Crippen LogP contribution in [0.1, 0.15) is 30.2 Å². The van der Waals surface area contributed by atoms with E-state index in [1.165, 1.54) is 0 Å². The Bertz CT molecular complexity index is 581. The van der Waals surface area contributed by atoms with Crippen molar-refractivity contribution in [2.75, 3.05) is 0 Å². The molecule has 0 saturated heterocycles. The Morgan fingerprint density at radius 3 is 2.68 bits per heavy atom. The van der Waals surface area contributed by atoms with Gasteiger partial charge in [-0.3, -0.25) is 0 Å². The van der Waals surface area contributed by atoms with Crippen LogP contribution in [0.5, 0.6) is 5.75 Å². The lowest BCUT2D eigenvalue weighted by molar-refractivity contribution is 0.199. The van der Waals surface area contributed by atoms with Crippen LogP contribution in [0.25, 0.3) is 0 Å². The number of aliphatic hydroxyl groups is 1. The van der Waals surface area contributed by atoms with Crippen molar-refractivity contribution in [1.29, 1.82) is 0 Å². The fraction of sp³-hybridized carbons (Fsp3) is 0.385. The SMILES string of the molecule is Cc1nnc(COc2ccc([C@@H](C)O)cc2Cl)n1C. The molecule has 102 valence electrons. The molecule has 2 rings (SSSR count). The Hall–Kier alpha value is -1.59. The molecular weight excluding hydrogens is 266 g/mol. The van der Waals surface area contributed by atoms with Crippen molar-refractivity contribution in [3.63, 3.8) is 0 Å². The van der Waals surface area contributed by atoms with Crippen LogP contribution in [0.15, 0.2) is 18.2 Å². The number of ether oxygens (including phenoxy) is 1. The van der Waals surface area contributed by atoms with Gasteiger partial charge in [-0.1, -0.05) is 17.7 Å². The highest BCUT2D eigenvalue weighted by atomic mass is 35.5. The van der Waals surface area contributed by atoms with E-state index in [-0.39, 0.29) is 0 Å². The van der Waals surface area contributed by atoms with E-state index in [1.54, 1.807) is 25.1 Å². The average molecular weight is 282 g/mol. The van der Waals surface area contributed by atoms with Crippen LogP contribution in [0.3, 0.4) is 0 Å². The molecule has 0 unspecified atom stereocenters. The van der Waals surface area contributed by atoms with E-state index in [2.05, 4.69) is 10.2 Å². The number of aliphatic hydroxyl groups excluding tert-OH is 1. The number of aromatic nitrogens is 3. The number of hydrogen-bond donors (Lipinski definition) is 1. The first kappa shape index (κ1) is 13.8. The van der Waals surface area contributed by atoms with E-state index in [0.717, 1.165) is 17.2 Å². The van der Waals surface area contributed by atoms with Gasteiger partial charge >= 0.3 is 0 Å². The molecule has 1 aromatic carbocycles. The molecule has 0 aliphatic carbocycles. The quantitative estimate of drug-likeness (QED) is 0.935. The summed E-state index contributed by atoms with van der Waals surface area (Å²) < 4.78 is 7.47. The third kappa shape index (κ3) is 3.05. The van der Waals surface area contributed by atoms with E-state index in [9.17, 15) is 5.11 Å². The normalized spacial score (nSPS) is 12.5. The van der Waals surface area contributed by atoms with Gasteiger partial charge in [-0.25, -0.2) is 0 Å². The van der Waals surface area contributed by atoms with Gasteiger partial charge in [0.15, 0.2) is 5.82 Å². The monoisotopic (exact) mass is 281 g/mol. The predicted octanol–water partition coefficient (Wildman–Crippen LogP) is 2.41. The Kier molecular flexibility index (Phi) is 4.07. The predicted molar refractivity (Wildman–Crippen MR) is 72.2 cm³/mol. The van der Waals surface area contributed by atoms with Gasteiger partial charge in [0.2, 0.25) is 0 Å². The van der Waals surface area contributed by atoms with Gasteiger partial charge < -0.3 is 14.4 Å². The molecule has 1 atom stereocenters. The number of aryl methyl sites for hydroxylation is 1. The summed E-state index contributed by atoms with van der Waals surface area (Å²) in [4.78, 5) is 0. The Labute approximate surface area is 116 Å². The van der Waals surface area contributed by atoms with E-state index in [1.807, 2.05) is 18.5 Å². The van der Waals surface area contributed by atoms with Crippen LogP contribution in [0.2, 0.25) is 5.02 Å². The molecule has 0 bridgehead atoms. The highest BCUT2D eigenvalue weighted by molar-refractivity contribution is 6.32. The molecule has 0 fully saturated rings. The van der Waals surface area contributed by atoms with Crippen LogP contribution >= 0.6 is 11.6 Å². The third-order valence-electron chi connectivity index (χ3n) is 2.98. The molecule has 0 saturated carbocycles. The van der Waals surface area contributed by atoms with Gasteiger partial charge in [-0.2, -0.15) is 0 Å². The van der Waals surface area contributed by atoms with Gasteiger partial charge in [0.05, 0.1) is 11.1 Å². The maximum Gasteiger partial charge on any atom is 0.170 e. The topological polar surface area (TPSA) is 60.2 Å². The van der Waals surface area contributed by atoms with Crippen molar-refractivity contribution in [3.8, 4) is 5.75 Å². The Morgan fingerprint density at radius 1 is 1.42 bits per heavy atom. The minimum absolute atomic E-state index is 0.297. The van der Waals surface area contributed by atoms with Crippen LogP contribution < -0.4 is 4.74 Å². The molecule has 6 heteroatoms. The second kappa shape index (κ2) is 5.59. The van der Waals surface area contributed by atoms with E-state index in [4.69, 9.17) is 16.3 Å². The summed E-state index contributed by atoms with van der Waals surface area (Å²) in [6.45, 7) is 3.86. The lowest BCUT2D eigenvalue weighted by Gasteiger charge is -2.10. The standard InChI is InChI=1S/C13H16ClN3O2/c1-8(18)10-4-5-12(11(14)6-10)19-7-13-16-15-9(2)17(13)3/h4-6,8,18H,7H2,1-3H3/t8-/m1/s1. The third-order valence-corrected chi connectivity index (χ3v) is 3.27. The van der Waals surface area contributed by atoms with Crippen molar-refractivity contribution in [1.82, 2.24) is 14.8 Å². The summed E-state index contributed by atoms with van der Waals surface area (Å²) in [5, 5.41) is 17.9. The fourth-order valence-corrected chi connectivity index (χ4v) is 1.86. The maximum atomic E-state index is 9.47. The molecule has 2 aromatic rings.